The van der Waals surface area contributed by atoms with E-state index in [4.69, 9.17) is 0 Å². The third-order valence-corrected chi connectivity index (χ3v) is 5.75. The molecule has 0 bridgehead atoms. The van der Waals surface area contributed by atoms with Gasteiger partial charge in [0, 0.05) is 13.1 Å². The predicted octanol–water partition coefficient (Wildman–Crippen LogP) is 2.67. The van der Waals surface area contributed by atoms with Gasteiger partial charge >= 0.3 is 0 Å². The lowest BCUT2D eigenvalue weighted by Crippen LogP contribution is -2.37. The van der Waals surface area contributed by atoms with Crippen LogP contribution in [0.4, 0.5) is 0 Å². The summed E-state index contributed by atoms with van der Waals surface area (Å²) in [6, 6.07) is 5.55. The summed E-state index contributed by atoms with van der Waals surface area (Å²) in [6.07, 6.45) is 0. The zero-order valence-corrected chi connectivity index (χ0v) is 14.8. The topological polar surface area (TPSA) is 58.2 Å². The molecule has 2 N–H and O–H groups in total. The molecular formula is C16H28N2O2S. The zero-order valence-electron chi connectivity index (χ0n) is 13.9. The smallest absolute Gasteiger partial charge is 0.240 e. The molecule has 0 aliphatic carbocycles. The Morgan fingerprint density at radius 3 is 2.38 bits per heavy atom. The molecule has 0 heterocycles. The molecule has 5 heteroatoms. The van der Waals surface area contributed by atoms with Gasteiger partial charge in [-0.05, 0) is 42.5 Å². The predicted molar refractivity (Wildman–Crippen MR) is 87.8 cm³/mol. The lowest BCUT2D eigenvalue weighted by molar-refractivity contribution is 0.252. The lowest BCUT2D eigenvalue weighted by Gasteiger charge is -2.29. The second kappa shape index (κ2) is 6.90. The van der Waals surface area contributed by atoms with Gasteiger partial charge in [0.05, 0.1) is 4.90 Å². The van der Waals surface area contributed by atoms with E-state index in [1.54, 1.807) is 6.07 Å². The van der Waals surface area contributed by atoms with Gasteiger partial charge in [-0.25, -0.2) is 13.1 Å². The van der Waals surface area contributed by atoms with Crippen LogP contribution in [0.25, 0.3) is 0 Å². The maximum atomic E-state index is 12.5. The fraction of sp³-hybridized carbons (Fsp3) is 0.625. The average molecular weight is 312 g/mol. The van der Waals surface area contributed by atoms with Gasteiger partial charge in [-0.2, -0.15) is 0 Å². The zero-order chi connectivity index (χ0) is 16.3. The van der Waals surface area contributed by atoms with Gasteiger partial charge < -0.3 is 5.32 Å². The summed E-state index contributed by atoms with van der Waals surface area (Å²) in [5.74, 6) is 0.400. The maximum absolute atomic E-state index is 12.5. The summed E-state index contributed by atoms with van der Waals surface area (Å²) in [6.45, 7) is 11.3. The van der Waals surface area contributed by atoms with Crippen LogP contribution in [0, 0.1) is 18.3 Å². The average Bonchev–Trinajstić information content (AvgIpc) is 2.39. The minimum absolute atomic E-state index is 0.0798. The van der Waals surface area contributed by atoms with E-state index in [9.17, 15) is 8.42 Å². The molecule has 0 atom stereocenters. The van der Waals surface area contributed by atoms with Crippen LogP contribution in [0.2, 0.25) is 0 Å². The highest BCUT2D eigenvalue weighted by molar-refractivity contribution is 7.89. The number of rotatable bonds is 7. The summed E-state index contributed by atoms with van der Waals surface area (Å²) >= 11 is 0. The van der Waals surface area contributed by atoms with E-state index in [1.165, 1.54) is 0 Å². The van der Waals surface area contributed by atoms with E-state index in [0.29, 0.717) is 23.9 Å². The van der Waals surface area contributed by atoms with Crippen LogP contribution in [0.1, 0.15) is 38.8 Å². The molecule has 1 aromatic carbocycles. The molecule has 0 spiro atoms. The number of nitrogens with one attached hydrogen (secondary N) is 2. The number of benzene rings is 1. The Kier molecular flexibility index (Phi) is 5.96. The molecule has 4 nitrogen and oxygen atoms in total. The number of aryl methyl sites for hydroxylation is 1. The van der Waals surface area contributed by atoms with Crippen molar-refractivity contribution in [1.29, 1.82) is 0 Å². The molecule has 0 saturated heterocycles. The van der Waals surface area contributed by atoms with Crippen molar-refractivity contribution < 1.29 is 8.42 Å². The highest BCUT2D eigenvalue weighted by Gasteiger charge is 2.26. The fourth-order valence-corrected chi connectivity index (χ4v) is 3.33. The van der Waals surface area contributed by atoms with E-state index in [-0.39, 0.29) is 5.41 Å². The molecule has 0 fully saturated rings. The van der Waals surface area contributed by atoms with Gasteiger partial charge in [0.25, 0.3) is 0 Å². The lowest BCUT2D eigenvalue weighted by atomic mass is 9.81. The van der Waals surface area contributed by atoms with Crippen molar-refractivity contribution in [3.63, 3.8) is 0 Å². The van der Waals surface area contributed by atoms with Crippen molar-refractivity contribution in [3.05, 3.63) is 29.3 Å². The van der Waals surface area contributed by atoms with Crippen LogP contribution in [0.5, 0.6) is 0 Å². The van der Waals surface area contributed by atoms with E-state index in [2.05, 4.69) is 37.7 Å². The highest BCUT2D eigenvalue weighted by Crippen LogP contribution is 2.26. The van der Waals surface area contributed by atoms with Crippen LogP contribution < -0.4 is 10.0 Å². The van der Waals surface area contributed by atoms with E-state index in [1.807, 2.05) is 26.1 Å². The van der Waals surface area contributed by atoms with E-state index in [0.717, 1.165) is 11.1 Å². The first-order valence-corrected chi connectivity index (χ1v) is 8.82. The van der Waals surface area contributed by atoms with Crippen molar-refractivity contribution in [3.8, 4) is 0 Å². The molecule has 0 amide bonds. The summed E-state index contributed by atoms with van der Waals surface area (Å²) in [5, 5.41) is 3.04. The van der Waals surface area contributed by atoms with E-state index < -0.39 is 10.0 Å². The maximum Gasteiger partial charge on any atom is 0.240 e. The van der Waals surface area contributed by atoms with Crippen LogP contribution in [-0.4, -0.2) is 22.0 Å². The van der Waals surface area contributed by atoms with Gasteiger partial charge in [-0.3, -0.25) is 0 Å². The van der Waals surface area contributed by atoms with Gasteiger partial charge in [0.1, 0.15) is 0 Å². The molecule has 21 heavy (non-hydrogen) atoms. The molecule has 0 saturated carbocycles. The molecule has 1 rings (SSSR count). The second-order valence-corrected chi connectivity index (χ2v) is 8.33. The molecule has 0 aromatic heterocycles. The third-order valence-electron chi connectivity index (χ3n) is 4.20. The molecule has 1 aromatic rings. The van der Waals surface area contributed by atoms with Gasteiger partial charge in [-0.1, -0.05) is 39.8 Å². The van der Waals surface area contributed by atoms with Crippen molar-refractivity contribution >= 4 is 10.0 Å². The van der Waals surface area contributed by atoms with Crippen molar-refractivity contribution in [2.24, 2.45) is 11.3 Å². The van der Waals surface area contributed by atoms with Crippen LogP contribution in [0.15, 0.2) is 23.1 Å². The van der Waals surface area contributed by atoms with Crippen molar-refractivity contribution in [2.45, 2.75) is 46.1 Å². The minimum atomic E-state index is -3.48. The standard InChI is InChI=1S/C16H28N2O2S/c1-12(2)16(4,5)11-18-21(19,20)15-9-14(10-17-6)8-7-13(15)3/h7-9,12,17-18H,10-11H2,1-6H3. The summed E-state index contributed by atoms with van der Waals surface area (Å²) in [7, 11) is -1.63. The monoisotopic (exact) mass is 312 g/mol. The molecule has 120 valence electrons. The first-order valence-electron chi connectivity index (χ1n) is 7.34. The Hall–Kier alpha value is -0.910. The summed E-state index contributed by atoms with van der Waals surface area (Å²) in [4.78, 5) is 0.370. The molecular weight excluding hydrogens is 284 g/mol. The number of hydrogen-bond donors (Lipinski definition) is 2. The first kappa shape index (κ1) is 18.1. The molecule has 0 radical (unpaired) electrons. The second-order valence-electron chi connectivity index (χ2n) is 6.60. The Balaban J connectivity index is 3.00. The summed E-state index contributed by atoms with van der Waals surface area (Å²) < 4.78 is 27.9. The van der Waals surface area contributed by atoms with Crippen LogP contribution in [0.3, 0.4) is 0 Å². The number of hydrogen-bond acceptors (Lipinski definition) is 3. The fourth-order valence-electron chi connectivity index (χ4n) is 1.81. The Labute approximate surface area is 129 Å². The SMILES string of the molecule is CNCc1ccc(C)c(S(=O)(=O)NCC(C)(C)C(C)C)c1. The Morgan fingerprint density at radius 2 is 1.86 bits per heavy atom. The molecule has 0 unspecified atom stereocenters. The van der Waals surface area contributed by atoms with Gasteiger partial charge in [-0.15, -0.1) is 0 Å². The third kappa shape index (κ3) is 4.80. The van der Waals surface area contributed by atoms with Crippen LogP contribution >= 0.6 is 0 Å². The Bertz CT molecular complexity index is 578. The largest absolute Gasteiger partial charge is 0.316 e. The van der Waals surface area contributed by atoms with Crippen molar-refractivity contribution in [1.82, 2.24) is 10.0 Å². The van der Waals surface area contributed by atoms with Crippen molar-refractivity contribution in [2.75, 3.05) is 13.6 Å². The van der Waals surface area contributed by atoms with Gasteiger partial charge in [0.2, 0.25) is 10.0 Å². The minimum Gasteiger partial charge on any atom is -0.316 e. The number of sulfonamides is 1. The Morgan fingerprint density at radius 1 is 1.24 bits per heavy atom. The highest BCUT2D eigenvalue weighted by atomic mass is 32.2. The van der Waals surface area contributed by atoms with E-state index >= 15 is 0 Å². The normalized spacial score (nSPS) is 12.9. The molecule has 0 aliphatic rings. The summed E-state index contributed by atoms with van der Waals surface area (Å²) in [5.41, 5.74) is 1.65. The first-order chi connectivity index (χ1) is 9.60. The molecule has 0 aliphatic heterocycles. The van der Waals surface area contributed by atoms with Crippen LogP contribution in [-0.2, 0) is 16.6 Å². The quantitative estimate of drug-likeness (QED) is 0.814. The van der Waals surface area contributed by atoms with Gasteiger partial charge in [0.15, 0.2) is 0 Å².